The number of rotatable bonds is 5. The van der Waals surface area contributed by atoms with Gasteiger partial charge < -0.3 is 14.6 Å². The molecule has 1 unspecified atom stereocenters. The molecule has 1 aromatic heterocycles. The molecule has 1 amide bonds. The maximum Gasteiger partial charge on any atom is 0.256 e. The Balaban J connectivity index is 2.02. The Labute approximate surface area is 141 Å². The zero-order valence-corrected chi connectivity index (χ0v) is 14.0. The van der Waals surface area contributed by atoms with Gasteiger partial charge in [-0.1, -0.05) is 48.5 Å². The number of benzene rings is 2. The third-order valence-corrected chi connectivity index (χ3v) is 4.46. The minimum atomic E-state index is -0.214. The number of hydrogen-bond donors (Lipinski definition) is 1. The summed E-state index contributed by atoms with van der Waals surface area (Å²) >= 11 is 0. The number of amides is 1. The lowest BCUT2D eigenvalue weighted by Crippen LogP contribution is -2.37. The zero-order chi connectivity index (χ0) is 17.1. The summed E-state index contributed by atoms with van der Waals surface area (Å²) < 4.78 is 2.11. The van der Waals surface area contributed by atoms with Crippen molar-refractivity contribution in [1.82, 2.24) is 9.47 Å². The van der Waals surface area contributed by atoms with Crippen molar-refractivity contribution in [2.75, 3.05) is 13.7 Å². The maximum absolute atomic E-state index is 12.8. The number of carbonyl (C=O) groups excluding carboxylic acids is 1. The van der Waals surface area contributed by atoms with E-state index in [0.717, 1.165) is 10.9 Å². The van der Waals surface area contributed by atoms with Gasteiger partial charge in [0.2, 0.25) is 0 Å². The van der Waals surface area contributed by atoms with E-state index in [2.05, 4.69) is 16.7 Å². The number of aliphatic hydroxyl groups is 1. The van der Waals surface area contributed by atoms with Crippen LogP contribution in [0.5, 0.6) is 0 Å². The quantitative estimate of drug-likeness (QED) is 0.784. The predicted octanol–water partition coefficient (Wildman–Crippen LogP) is 3.14. The summed E-state index contributed by atoms with van der Waals surface area (Å²) in [6.45, 7) is 2.50. The highest BCUT2D eigenvalue weighted by Crippen LogP contribution is 2.24. The van der Waals surface area contributed by atoms with Gasteiger partial charge in [0.15, 0.2) is 0 Å². The van der Waals surface area contributed by atoms with E-state index < -0.39 is 0 Å². The first-order valence-electron chi connectivity index (χ1n) is 8.11. The maximum atomic E-state index is 12.8. The molecule has 0 radical (unpaired) electrons. The summed E-state index contributed by atoms with van der Waals surface area (Å²) in [6, 6.07) is 17.9. The van der Waals surface area contributed by atoms with E-state index in [1.54, 1.807) is 11.9 Å². The number of aliphatic hydroxyl groups excluding tert-OH is 1. The van der Waals surface area contributed by atoms with Crippen LogP contribution in [-0.4, -0.2) is 40.2 Å². The van der Waals surface area contributed by atoms with Crippen LogP contribution in [0.3, 0.4) is 0 Å². The van der Waals surface area contributed by atoms with Gasteiger partial charge in [-0.05, 0) is 18.6 Å². The Hall–Kier alpha value is -2.59. The third-order valence-electron chi connectivity index (χ3n) is 4.46. The van der Waals surface area contributed by atoms with Gasteiger partial charge >= 0.3 is 0 Å². The summed E-state index contributed by atoms with van der Waals surface area (Å²) in [5.74, 6) is -0.0699. The summed E-state index contributed by atoms with van der Waals surface area (Å²) in [7, 11) is 1.73. The Morgan fingerprint density at radius 2 is 1.79 bits per heavy atom. The highest BCUT2D eigenvalue weighted by atomic mass is 16.3. The van der Waals surface area contributed by atoms with Crippen molar-refractivity contribution >= 4 is 16.8 Å². The highest BCUT2D eigenvalue weighted by molar-refractivity contribution is 6.07. The second-order valence-corrected chi connectivity index (χ2v) is 6.12. The van der Waals surface area contributed by atoms with E-state index in [1.807, 2.05) is 55.6 Å². The van der Waals surface area contributed by atoms with Crippen molar-refractivity contribution in [2.24, 2.45) is 0 Å². The van der Waals surface area contributed by atoms with Gasteiger partial charge in [0.25, 0.3) is 5.91 Å². The van der Waals surface area contributed by atoms with E-state index in [0.29, 0.717) is 12.1 Å². The number of carbonyl (C=O) groups is 1. The molecule has 0 saturated heterocycles. The molecule has 24 heavy (non-hydrogen) atoms. The number of aromatic nitrogens is 1. The van der Waals surface area contributed by atoms with Crippen molar-refractivity contribution in [2.45, 2.75) is 19.5 Å². The molecule has 0 aliphatic rings. The third kappa shape index (κ3) is 3.05. The van der Waals surface area contributed by atoms with Gasteiger partial charge in [-0.2, -0.15) is 0 Å². The van der Waals surface area contributed by atoms with Gasteiger partial charge in [0.05, 0.1) is 18.2 Å². The van der Waals surface area contributed by atoms with Crippen LogP contribution in [0, 0.1) is 0 Å². The molecule has 0 aliphatic carbocycles. The Bertz CT molecular complexity index is 839. The first kappa shape index (κ1) is 16.3. The minimum absolute atomic E-state index is 0.0507. The number of para-hydroxylation sites is 1. The second-order valence-electron chi connectivity index (χ2n) is 6.12. The lowest BCUT2D eigenvalue weighted by atomic mass is 10.1. The molecule has 0 aliphatic heterocycles. The first-order chi connectivity index (χ1) is 11.6. The standard InChI is InChI=1S/C20H22N2O2/c1-15(14-23)21(2)20(24)18-13-22(12-16-8-4-3-5-9-16)19-11-7-6-10-17(18)19/h3-11,13,15,23H,12,14H2,1-2H3. The Morgan fingerprint density at radius 3 is 2.50 bits per heavy atom. The largest absolute Gasteiger partial charge is 0.394 e. The molecule has 0 spiro atoms. The van der Waals surface area contributed by atoms with Crippen LogP contribution in [0.15, 0.2) is 60.8 Å². The van der Waals surface area contributed by atoms with Crippen LogP contribution >= 0.6 is 0 Å². The van der Waals surface area contributed by atoms with Gasteiger partial charge in [0, 0.05) is 30.7 Å². The van der Waals surface area contributed by atoms with Crippen molar-refractivity contribution in [1.29, 1.82) is 0 Å². The molecule has 3 aromatic rings. The van der Waals surface area contributed by atoms with Crippen molar-refractivity contribution < 1.29 is 9.90 Å². The fraction of sp³-hybridized carbons (Fsp3) is 0.250. The Kier molecular flexibility index (Phi) is 4.67. The van der Waals surface area contributed by atoms with Crippen LogP contribution in [0.25, 0.3) is 10.9 Å². The average Bonchev–Trinajstić information content (AvgIpc) is 2.99. The summed E-state index contributed by atoms with van der Waals surface area (Å²) in [4.78, 5) is 14.4. The molecule has 0 saturated carbocycles. The van der Waals surface area contributed by atoms with E-state index in [9.17, 15) is 9.90 Å². The molecular weight excluding hydrogens is 300 g/mol. The fourth-order valence-electron chi connectivity index (χ4n) is 2.84. The minimum Gasteiger partial charge on any atom is -0.394 e. The SMILES string of the molecule is CC(CO)N(C)C(=O)c1cn(Cc2ccccc2)c2ccccc12. The summed E-state index contributed by atoms with van der Waals surface area (Å²) in [5, 5.41) is 10.3. The number of fused-ring (bicyclic) bond motifs is 1. The smallest absolute Gasteiger partial charge is 0.256 e. The molecule has 1 N–H and O–H groups in total. The van der Waals surface area contributed by atoms with Gasteiger partial charge in [-0.15, -0.1) is 0 Å². The number of nitrogens with zero attached hydrogens (tertiary/aromatic N) is 2. The monoisotopic (exact) mass is 322 g/mol. The van der Waals surface area contributed by atoms with Crippen molar-refractivity contribution in [3.63, 3.8) is 0 Å². The van der Waals surface area contributed by atoms with Crippen LogP contribution in [0.2, 0.25) is 0 Å². The summed E-state index contributed by atoms with van der Waals surface area (Å²) in [5.41, 5.74) is 2.90. The van der Waals surface area contributed by atoms with Crippen molar-refractivity contribution in [3.05, 3.63) is 71.9 Å². The molecule has 1 heterocycles. The lowest BCUT2D eigenvalue weighted by molar-refractivity contribution is 0.0684. The van der Waals surface area contributed by atoms with Gasteiger partial charge in [0.1, 0.15) is 0 Å². The van der Waals surface area contributed by atoms with E-state index >= 15 is 0 Å². The van der Waals surface area contributed by atoms with Crippen LogP contribution < -0.4 is 0 Å². The van der Waals surface area contributed by atoms with Crippen molar-refractivity contribution in [3.8, 4) is 0 Å². The molecule has 0 bridgehead atoms. The zero-order valence-electron chi connectivity index (χ0n) is 14.0. The normalized spacial score (nSPS) is 12.3. The predicted molar refractivity (Wildman–Crippen MR) is 96.1 cm³/mol. The molecule has 4 heteroatoms. The van der Waals surface area contributed by atoms with Crippen LogP contribution in [0.4, 0.5) is 0 Å². The van der Waals surface area contributed by atoms with E-state index in [1.165, 1.54) is 5.56 Å². The van der Waals surface area contributed by atoms with E-state index in [4.69, 9.17) is 0 Å². The summed E-state index contributed by atoms with van der Waals surface area (Å²) in [6.07, 6.45) is 1.92. The number of likely N-dealkylation sites (N-methyl/N-ethyl adjacent to an activating group) is 1. The van der Waals surface area contributed by atoms with E-state index in [-0.39, 0.29) is 18.6 Å². The fourth-order valence-corrected chi connectivity index (χ4v) is 2.84. The first-order valence-corrected chi connectivity index (χ1v) is 8.11. The lowest BCUT2D eigenvalue weighted by Gasteiger charge is -2.22. The molecule has 124 valence electrons. The van der Waals surface area contributed by atoms with Gasteiger partial charge in [-0.3, -0.25) is 4.79 Å². The number of hydrogen-bond acceptors (Lipinski definition) is 2. The molecular formula is C20H22N2O2. The molecule has 0 fully saturated rings. The van der Waals surface area contributed by atoms with Crippen LogP contribution in [0.1, 0.15) is 22.8 Å². The Morgan fingerprint density at radius 1 is 1.12 bits per heavy atom. The van der Waals surface area contributed by atoms with Crippen LogP contribution in [-0.2, 0) is 6.54 Å². The molecule has 3 rings (SSSR count). The topological polar surface area (TPSA) is 45.5 Å². The highest BCUT2D eigenvalue weighted by Gasteiger charge is 2.21. The molecule has 1 atom stereocenters. The van der Waals surface area contributed by atoms with Gasteiger partial charge in [-0.25, -0.2) is 0 Å². The molecule has 2 aromatic carbocycles. The molecule has 4 nitrogen and oxygen atoms in total. The second kappa shape index (κ2) is 6.89. The average molecular weight is 322 g/mol.